The highest BCUT2D eigenvalue weighted by Gasteiger charge is 2.31. The zero-order valence-electron chi connectivity index (χ0n) is 17.7. The molecule has 11 heteroatoms. The summed E-state index contributed by atoms with van der Waals surface area (Å²) in [5.74, 6) is -3.39. The Labute approximate surface area is 191 Å². The maximum absolute atomic E-state index is 14.7. The van der Waals surface area contributed by atoms with Crippen molar-refractivity contribution < 1.29 is 23.2 Å². The van der Waals surface area contributed by atoms with E-state index < -0.39 is 23.3 Å². The highest BCUT2D eigenvalue weighted by atomic mass is 19.1. The molecule has 0 spiro atoms. The molecule has 1 saturated heterocycles. The highest BCUT2D eigenvalue weighted by molar-refractivity contribution is 6.45. The van der Waals surface area contributed by atoms with Crippen LogP contribution >= 0.6 is 0 Å². The third-order valence-corrected chi connectivity index (χ3v) is 5.77. The fraction of sp³-hybridized carbons (Fsp3) is 0.174. The largest absolute Gasteiger partial charge is 0.434 e. The van der Waals surface area contributed by atoms with Crippen LogP contribution in [-0.4, -0.2) is 68.8 Å². The third kappa shape index (κ3) is 3.66. The molecule has 172 valence electrons. The Kier molecular flexibility index (Phi) is 5.28. The lowest BCUT2D eigenvalue weighted by molar-refractivity contribution is -0.127. The van der Waals surface area contributed by atoms with Gasteiger partial charge in [-0.05, 0) is 24.3 Å². The number of hydrogen-bond donors (Lipinski definition) is 2. The van der Waals surface area contributed by atoms with Crippen molar-refractivity contribution >= 4 is 28.5 Å². The number of rotatable bonds is 4. The maximum atomic E-state index is 14.7. The normalized spacial score (nSPS) is 13.9. The van der Waals surface area contributed by atoms with Gasteiger partial charge < -0.3 is 19.2 Å². The van der Waals surface area contributed by atoms with Crippen molar-refractivity contribution in [1.29, 1.82) is 0 Å². The lowest BCUT2D eigenvalue weighted by Gasteiger charge is -2.34. The van der Waals surface area contributed by atoms with Gasteiger partial charge in [-0.2, -0.15) is 0 Å². The van der Waals surface area contributed by atoms with Crippen LogP contribution in [0.2, 0.25) is 0 Å². The van der Waals surface area contributed by atoms with Gasteiger partial charge in [0.1, 0.15) is 5.82 Å². The molecular weight excluding hydrogens is 445 g/mol. The summed E-state index contributed by atoms with van der Waals surface area (Å²) in [6.07, 6.45) is 1.25. The number of hydrogen-bond acceptors (Lipinski definition) is 6. The van der Waals surface area contributed by atoms with Crippen LogP contribution in [-0.2, 0) is 4.79 Å². The Hall–Kier alpha value is -4.54. The first-order valence-electron chi connectivity index (χ1n) is 10.5. The number of nitrogens with one attached hydrogen (secondary N) is 2. The summed E-state index contributed by atoms with van der Waals surface area (Å²) in [7, 11) is 0. The summed E-state index contributed by atoms with van der Waals surface area (Å²) in [6.45, 7) is 0.907. The Balaban J connectivity index is 1.35. The molecule has 1 aliphatic rings. The number of amides is 2. The number of halogens is 1. The standard InChI is InChI=1S/C23H18FN5O5/c24-16-7-6-14(20-26-27-23(33)34-20)18-17(16)15(12-25-18)19(30)22(32)29-10-8-28(9-11-29)21(31)13-4-2-1-3-5-13/h1-7,12,25H,8-11H2,(H,27,33). The number of Topliss-reactive ketones (excluding diaryl/α,β-unsaturated/α-hetero) is 1. The van der Waals surface area contributed by atoms with Gasteiger partial charge in [-0.15, -0.1) is 5.10 Å². The minimum absolute atomic E-state index is 0.0821. The number of carbonyl (C=O) groups excluding carboxylic acids is 3. The van der Waals surface area contributed by atoms with Gasteiger partial charge in [-0.25, -0.2) is 14.3 Å². The van der Waals surface area contributed by atoms with Gasteiger partial charge in [-0.3, -0.25) is 14.4 Å². The van der Waals surface area contributed by atoms with Crippen molar-refractivity contribution in [3.8, 4) is 11.5 Å². The van der Waals surface area contributed by atoms with E-state index in [0.717, 1.165) is 6.07 Å². The number of ketones is 1. The van der Waals surface area contributed by atoms with Crippen molar-refractivity contribution in [2.24, 2.45) is 0 Å². The maximum Gasteiger partial charge on any atom is 0.434 e. The summed E-state index contributed by atoms with van der Waals surface area (Å²) in [6, 6.07) is 11.3. The lowest BCUT2D eigenvalue weighted by atomic mass is 10.0. The number of H-pyrrole nitrogens is 2. The van der Waals surface area contributed by atoms with Crippen LogP contribution in [0.3, 0.4) is 0 Å². The first-order valence-corrected chi connectivity index (χ1v) is 10.5. The summed E-state index contributed by atoms with van der Waals surface area (Å²) in [5.41, 5.74) is 0.843. The molecule has 1 fully saturated rings. The monoisotopic (exact) mass is 463 g/mol. The topological polar surface area (TPSA) is 132 Å². The van der Waals surface area contributed by atoms with E-state index in [0.29, 0.717) is 5.56 Å². The third-order valence-electron chi connectivity index (χ3n) is 5.77. The molecular formula is C23H18FN5O5. The second-order valence-corrected chi connectivity index (χ2v) is 7.75. The Morgan fingerprint density at radius 3 is 2.35 bits per heavy atom. The SMILES string of the molecule is O=C(C(=O)N1CCN(C(=O)c2ccccc2)CC1)c1c[nH]c2c(-c3n[nH]c(=O)o3)ccc(F)c12. The zero-order chi connectivity index (χ0) is 23.8. The summed E-state index contributed by atoms with van der Waals surface area (Å²) >= 11 is 0. The van der Waals surface area contributed by atoms with E-state index in [2.05, 4.69) is 15.2 Å². The minimum Gasteiger partial charge on any atom is -0.388 e. The van der Waals surface area contributed by atoms with Gasteiger partial charge in [0.05, 0.1) is 16.6 Å². The molecule has 10 nitrogen and oxygen atoms in total. The van der Waals surface area contributed by atoms with E-state index in [1.54, 1.807) is 29.2 Å². The second kappa shape index (κ2) is 8.43. The molecule has 4 aromatic rings. The quantitative estimate of drug-likeness (QED) is 0.351. The van der Waals surface area contributed by atoms with Gasteiger partial charge in [0, 0.05) is 43.3 Å². The summed E-state index contributed by atoms with van der Waals surface area (Å²) in [5, 5.41) is 5.76. The first-order chi connectivity index (χ1) is 16.4. The van der Waals surface area contributed by atoms with Gasteiger partial charge in [0.25, 0.3) is 23.5 Å². The number of aromatic nitrogens is 3. The van der Waals surface area contributed by atoms with Crippen molar-refractivity contribution in [2.75, 3.05) is 26.2 Å². The van der Waals surface area contributed by atoms with E-state index in [9.17, 15) is 23.6 Å². The number of nitrogens with zero attached hydrogens (tertiary/aromatic N) is 3. The van der Waals surface area contributed by atoms with Gasteiger partial charge in [0.2, 0.25) is 0 Å². The van der Waals surface area contributed by atoms with Gasteiger partial charge in [0.15, 0.2) is 0 Å². The fourth-order valence-corrected chi connectivity index (χ4v) is 4.04. The number of benzene rings is 2. The molecule has 0 atom stereocenters. The van der Waals surface area contributed by atoms with Crippen LogP contribution in [0.25, 0.3) is 22.4 Å². The van der Waals surface area contributed by atoms with Gasteiger partial charge >= 0.3 is 5.76 Å². The lowest BCUT2D eigenvalue weighted by Crippen LogP contribution is -2.52. The molecule has 2 aromatic carbocycles. The zero-order valence-corrected chi connectivity index (χ0v) is 17.7. The predicted octanol–water partition coefficient (Wildman–Crippen LogP) is 1.82. The van der Waals surface area contributed by atoms with Crippen LogP contribution in [0.5, 0.6) is 0 Å². The van der Waals surface area contributed by atoms with E-state index in [1.165, 1.54) is 17.2 Å². The average Bonchev–Trinajstić information content (AvgIpc) is 3.51. The van der Waals surface area contributed by atoms with Crippen molar-refractivity contribution in [2.45, 2.75) is 0 Å². The highest BCUT2D eigenvalue weighted by Crippen LogP contribution is 2.31. The molecule has 3 heterocycles. The minimum atomic E-state index is -0.881. The number of fused-ring (bicyclic) bond motifs is 1. The van der Waals surface area contributed by atoms with E-state index in [4.69, 9.17) is 4.42 Å². The Bertz CT molecular complexity index is 1460. The van der Waals surface area contributed by atoms with E-state index in [1.807, 2.05) is 6.07 Å². The van der Waals surface area contributed by atoms with Gasteiger partial charge in [-0.1, -0.05) is 18.2 Å². The van der Waals surface area contributed by atoms with Crippen LogP contribution < -0.4 is 5.76 Å². The molecule has 34 heavy (non-hydrogen) atoms. The fourth-order valence-electron chi connectivity index (χ4n) is 4.04. The first kappa shape index (κ1) is 21.3. The van der Waals surface area contributed by atoms with E-state index >= 15 is 0 Å². The molecule has 0 bridgehead atoms. The Morgan fingerprint density at radius 2 is 1.68 bits per heavy atom. The summed E-state index contributed by atoms with van der Waals surface area (Å²) < 4.78 is 19.6. The van der Waals surface area contributed by atoms with Crippen molar-refractivity contribution in [1.82, 2.24) is 25.0 Å². The van der Waals surface area contributed by atoms with Crippen LogP contribution in [0.1, 0.15) is 20.7 Å². The van der Waals surface area contributed by atoms with Crippen molar-refractivity contribution in [3.63, 3.8) is 0 Å². The molecule has 2 aromatic heterocycles. The predicted molar refractivity (Wildman–Crippen MR) is 118 cm³/mol. The number of aromatic amines is 2. The van der Waals surface area contributed by atoms with Crippen LogP contribution in [0, 0.1) is 5.82 Å². The number of carbonyl (C=O) groups is 3. The summed E-state index contributed by atoms with van der Waals surface area (Å²) in [4.78, 5) is 55.6. The molecule has 0 saturated carbocycles. The molecule has 2 amide bonds. The molecule has 2 N–H and O–H groups in total. The molecule has 5 rings (SSSR count). The smallest absolute Gasteiger partial charge is 0.388 e. The molecule has 0 unspecified atom stereocenters. The van der Waals surface area contributed by atoms with Crippen LogP contribution in [0.4, 0.5) is 4.39 Å². The van der Waals surface area contributed by atoms with Crippen LogP contribution in [0.15, 0.2) is 57.9 Å². The molecule has 0 radical (unpaired) electrons. The molecule has 1 aliphatic heterocycles. The van der Waals surface area contributed by atoms with Crippen molar-refractivity contribution in [3.05, 3.63) is 76.2 Å². The molecule has 0 aliphatic carbocycles. The second-order valence-electron chi connectivity index (χ2n) is 7.75. The Morgan fingerprint density at radius 1 is 0.971 bits per heavy atom. The average molecular weight is 463 g/mol. The number of piperazine rings is 1. The van der Waals surface area contributed by atoms with E-state index in [-0.39, 0.29) is 60.0 Å².